The summed E-state index contributed by atoms with van der Waals surface area (Å²) in [5.41, 5.74) is 1.64. The van der Waals surface area contributed by atoms with Crippen LogP contribution in [0.5, 0.6) is 0 Å². The van der Waals surface area contributed by atoms with Crippen LogP contribution in [0.3, 0.4) is 0 Å². The maximum atomic E-state index is 12.2. The van der Waals surface area contributed by atoms with Gasteiger partial charge in [-0.15, -0.1) is 0 Å². The highest BCUT2D eigenvalue weighted by Crippen LogP contribution is 2.30. The molecule has 0 radical (unpaired) electrons. The second-order valence-electron chi connectivity index (χ2n) is 7.32. The lowest BCUT2D eigenvalue weighted by molar-refractivity contribution is -0.161. The largest absolute Gasteiger partial charge is 0.394 e. The normalized spacial score (nSPS) is 19.9. The summed E-state index contributed by atoms with van der Waals surface area (Å²) in [6, 6.07) is 8.26. The van der Waals surface area contributed by atoms with Gasteiger partial charge in [-0.3, -0.25) is 9.59 Å². The zero-order valence-electron chi connectivity index (χ0n) is 16.2. The summed E-state index contributed by atoms with van der Waals surface area (Å²) >= 11 is 0. The van der Waals surface area contributed by atoms with E-state index >= 15 is 0 Å². The molecule has 3 rings (SSSR count). The average molecular weight is 387 g/mol. The number of benzene rings is 1. The van der Waals surface area contributed by atoms with Gasteiger partial charge in [-0.25, -0.2) is 0 Å². The molecule has 2 atom stereocenters. The van der Waals surface area contributed by atoms with Gasteiger partial charge in [-0.2, -0.15) is 0 Å². The Morgan fingerprint density at radius 2 is 2.07 bits per heavy atom. The minimum Gasteiger partial charge on any atom is -0.394 e. The maximum Gasteiger partial charge on any atom is 0.277 e. The lowest BCUT2D eigenvalue weighted by Gasteiger charge is -2.41. The summed E-state index contributed by atoms with van der Waals surface area (Å²) in [6.07, 6.45) is -0.426. The minimum absolute atomic E-state index is 0.0160. The Labute approximate surface area is 163 Å². The first-order valence-electron chi connectivity index (χ1n) is 9.25. The van der Waals surface area contributed by atoms with Crippen molar-refractivity contribution < 1.29 is 24.0 Å². The van der Waals surface area contributed by atoms with Gasteiger partial charge in [0.2, 0.25) is 5.91 Å². The van der Waals surface area contributed by atoms with Crippen molar-refractivity contribution in [2.75, 3.05) is 25.1 Å². The van der Waals surface area contributed by atoms with Crippen LogP contribution in [0.15, 0.2) is 34.9 Å². The molecular weight excluding hydrogens is 362 g/mol. The molecule has 2 N–H and O–H groups in total. The zero-order chi connectivity index (χ0) is 20.3. The Balaban J connectivity index is 1.72. The molecule has 1 fully saturated rings. The number of hydrogen-bond donors (Lipinski definition) is 2. The molecule has 150 valence electrons. The molecule has 8 heteroatoms. The number of aliphatic hydroxyl groups is 1. The lowest BCUT2D eigenvalue weighted by Crippen LogP contribution is -2.53. The highest BCUT2D eigenvalue weighted by Gasteiger charge is 2.37. The third-order valence-corrected chi connectivity index (χ3v) is 4.56. The molecule has 1 aromatic heterocycles. The Kier molecular flexibility index (Phi) is 6.11. The summed E-state index contributed by atoms with van der Waals surface area (Å²) < 4.78 is 10.6. The van der Waals surface area contributed by atoms with Crippen LogP contribution in [-0.2, 0) is 9.53 Å². The third kappa shape index (κ3) is 4.40. The number of ether oxygens (including phenoxy) is 1. The number of hydrogen-bond acceptors (Lipinski definition) is 6. The van der Waals surface area contributed by atoms with Crippen LogP contribution in [0.2, 0.25) is 0 Å². The molecule has 1 saturated heterocycles. The molecule has 0 bridgehead atoms. The third-order valence-electron chi connectivity index (χ3n) is 4.56. The molecule has 1 aromatic carbocycles. The number of carbonyl (C=O) groups excluding carboxylic acids is 2. The molecule has 28 heavy (non-hydrogen) atoms. The first kappa shape index (κ1) is 20.0. The second-order valence-corrected chi connectivity index (χ2v) is 7.32. The van der Waals surface area contributed by atoms with E-state index in [1.807, 2.05) is 26.0 Å². The Morgan fingerprint density at radius 3 is 2.64 bits per heavy atom. The lowest BCUT2D eigenvalue weighted by atomic mass is 9.98. The number of aryl methyl sites for hydroxylation is 1. The molecular formula is C20H25N3O5. The first-order valence-corrected chi connectivity index (χ1v) is 9.25. The van der Waals surface area contributed by atoms with E-state index in [2.05, 4.69) is 10.5 Å². The van der Waals surface area contributed by atoms with E-state index < -0.39 is 12.1 Å². The molecule has 2 aromatic rings. The number of carbonyl (C=O) groups is 2. The van der Waals surface area contributed by atoms with Crippen LogP contribution in [0.1, 0.15) is 41.8 Å². The van der Waals surface area contributed by atoms with E-state index in [1.165, 1.54) is 0 Å². The SMILES string of the molecule is Cc1cc(C(=O)Nc2ccc([C@H]3OCC(=O)N(CC(C)C)[C@@H]3CO)cc2)no1. The van der Waals surface area contributed by atoms with E-state index in [1.54, 1.807) is 30.0 Å². The van der Waals surface area contributed by atoms with Gasteiger partial charge in [-0.05, 0) is 30.5 Å². The second kappa shape index (κ2) is 8.53. The van der Waals surface area contributed by atoms with Gasteiger partial charge in [0.15, 0.2) is 5.69 Å². The summed E-state index contributed by atoms with van der Waals surface area (Å²) in [5.74, 6) is 0.372. The van der Waals surface area contributed by atoms with Crippen molar-refractivity contribution in [3.8, 4) is 0 Å². The molecule has 2 heterocycles. The number of rotatable bonds is 6. The van der Waals surface area contributed by atoms with E-state index in [0.717, 1.165) is 5.56 Å². The van der Waals surface area contributed by atoms with E-state index in [9.17, 15) is 14.7 Å². The average Bonchev–Trinajstić information content (AvgIpc) is 3.10. The number of nitrogens with one attached hydrogen (secondary N) is 1. The van der Waals surface area contributed by atoms with Crippen LogP contribution in [0.25, 0.3) is 0 Å². The highest BCUT2D eigenvalue weighted by atomic mass is 16.5. The van der Waals surface area contributed by atoms with E-state index in [0.29, 0.717) is 18.0 Å². The van der Waals surface area contributed by atoms with Crippen molar-refractivity contribution in [2.24, 2.45) is 5.92 Å². The maximum absolute atomic E-state index is 12.2. The molecule has 0 aliphatic carbocycles. The van der Waals surface area contributed by atoms with Crippen LogP contribution < -0.4 is 5.32 Å². The van der Waals surface area contributed by atoms with Gasteiger partial charge >= 0.3 is 0 Å². The number of morpholine rings is 1. The van der Waals surface area contributed by atoms with Crippen molar-refractivity contribution in [3.05, 3.63) is 47.3 Å². The number of aromatic nitrogens is 1. The number of aliphatic hydroxyl groups excluding tert-OH is 1. The standard InChI is InChI=1S/C20H25N3O5/c1-12(2)9-23-17(10-24)19(27-11-18(23)25)14-4-6-15(7-5-14)21-20(26)16-8-13(3)28-22-16/h4-8,12,17,19,24H,9-11H2,1-3H3,(H,21,26)/t17-,19-/m1/s1. The molecule has 2 amide bonds. The topological polar surface area (TPSA) is 105 Å². The van der Waals surface area contributed by atoms with Gasteiger partial charge in [0.05, 0.1) is 12.6 Å². The number of anilines is 1. The van der Waals surface area contributed by atoms with E-state index in [4.69, 9.17) is 9.26 Å². The summed E-state index contributed by atoms with van der Waals surface area (Å²) in [5, 5.41) is 16.3. The minimum atomic E-state index is -0.442. The Hall–Kier alpha value is -2.71. The molecule has 0 unspecified atom stereocenters. The molecule has 8 nitrogen and oxygen atoms in total. The molecule has 0 saturated carbocycles. The fourth-order valence-corrected chi connectivity index (χ4v) is 3.27. The number of nitrogens with zero attached hydrogens (tertiary/aromatic N) is 2. The van der Waals surface area contributed by atoms with Gasteiger partial charge in [-0.1, -0.05) is 31.1 Å². The quantitative estimate of drug-likeness (QED) is 0.787. The Morgan fingerprint density at radius 1 is 1.36 bits per heavy atom. The van der Waals surface area contributed by atoms with Gasteiger partial charge < -0.3 is 24.6 Å². The predicted molar refractivity (Wildman–Crippen MR) is 102 cm³/mol. The first-order chi connectivity index (χ1) is 13.4. The van der Waals surface area contributed by atoms with Crippen molar-refractivity contribution in [1.82, 2.24) is 10.1 Å². The van der Waals surface area contributed by atoms with Gasteiger partial charge in [0.1, 0.15) is 18.5 Å². The van der Waals surface area contributed by atoms with Crippen LogP contribution in [-0.4, -0.2) is 52.8 Å². The summed E-state index contributed by atoms with van der Waals surface area (Å²) in [4.78, 5) is 26.1. The zero-order valence-corrected chi connectivity index (χ0v) is 16.2. The van der Waals surface area contributed by atoms with Crippen LogP contribution in [0, 0.1) is 12.8 Å². The van der Waals surface area contributed by atoms with Gasteiger partial charge in [0, 0.05) is 18.3 Å². The van der Waals surface area contributed by atoms with Crippen molar-refractivity contribution >= 4 is 17.5 Å². The smallest absolute Gasteiger partial charge is 0.277 e. The van der Waals surface area contributed by atoms with Crippen LogP contribution >= 0.6 is 0 Å². The van der Waals surface area contributed by atoms with Crippen molar-refractivity contribution in [2.45, 2.75) is 32.9 Å². The number of amides is 2. The van der Waals surface area contributed by atoms with Crippen molar-refractivity contribution in [3.63, 3.8) is 0 Å². The van der Waals surface area contributed by atoms with Crippen molar-refractivity contribution in [1.29, 1.82) is 0 Å². The van der Waals surface area contributed by atoms with Gasteiger partial charge in [0.25, 0.3) is 5.91 Å². The molecule has 0 spiro atoms. The fourth-order valence-electron chi connectivity index (χ4n) is 3.27. The Bertz CT molecular complexity index is 831. The molecule has 1 aliphatic rings. The summed E-state index contributed by atoms with van der Waals surface area (Å²) in [7, 11) is 0. The highest BCUT2D eigenvalue weighted by molar-refractivity contribution is 6.02. The fraction of sp³-hybridized carbons (Fsp3) is 0.450. The predicted octanol–water partition coefficient (Wildman–Crippen LogP) is 2.15. The molecule has 1 aliphatic heterocycles. The summed E-state index contributed by atoms with van der Waals surface area (Å²) in [6.45, 7) is 6.13. The monoisotopic (exact) mass is 387 g/mol. The van der Waals surface area contributed by atoms with E-state index in [-0.39, 0.29) is 36.6 Å². The van der Waals surface area contributed by atoms with Crippen LogP contribution in [0.4, 0.5) is 5.69 Å².